The molecule has 3 N–H and O–H groups in total. The molecule has 1 atom stereocenters. The Hall–Kier alpha value is -3.82. The molecule has 2 aliphatic heterocycles. The zero-order chi connectivity index (χ0) is 23.1. The number of anilines is 3. The number of carbonyl (C=O) groups excluding carboxylic acids is 2. The molecule has 9 heteroatoms. The smallest absolute Gasteiger partial charge is 0.331 e. The van der Waals surface area contributed by atoms with E-state index in [-0.39, 0.29) is 18.0 Å². The highest BCUT2D eigenvalue weighted by molar-refractivity contribution is 7.21. The third kappa shape index (κ3) is 3.59. The molecule has 8 nitrogen and oxygen atoms in total. The average molecular weight is 471 g/mol. The van der Waals surface area contributed by atoms with Crippen LogP contribution in [0.15, 0.2) is 60.9 Å². The molecule has 4 aromatic rings. The maximum atomic E-state index is 13.3. The number of nitrogens with zero attached hydrogens (tertiary/aromatic N) is 3. The molecule has 1 aromatic carbocycles. The molecule has 1 fully saturated rings. The standard InChI is InChI=1S/C25H22N6O2S/c32-23(29-16-7-4-10-26-14-16)22-21-20-19(9-12-28-24(20)34-22)31(25(33)30-21)17-8-11-27-18(13-17)15-5-2-1-3-6-15/h1-3,5-6,8-9,11-13,16,26H,4,7,10,14H2,(H,29,32)(H,30,33). The van der Waals surface area contributed by atoms with E-state index in [4.69, 9.17) is 0 Å². The number of amides is 3. The van der Waals surface area contributed by atoms with Crippen molar-refractivity contribution >= 4 is 50.6 Å². The zero-order valence-corrected chi connectivity index (χ0v) is 19.1. The Balaban J connectivity index is 1.40. The third-order valence-electron chi connectivity index (χ3n) is 6.16. The fraction of sp³-hybridized carbons (Fsp3) is 0.200. The van der Waals surface area contributed by atoms with Crippen LogP contribution in [0.3, 0.4) is 0 Å². The first-order chi connectivity index (χ1) is 16.7. The first-order valence-corrected chi connectivity index (χ1v) is 12.1. The number of hydrogen-bond acceptors (Lipinski definition) is 6. The summed E-state index contributed by atoms with van der Waals surface area (Å²) in [7, 11) is 0. The summed E-state index contributed by atoms with van der Waals surface area (Å²) in [5.41, 5.74) is 3.66. The summed E-state index contributed by atoms with van der Waals surface area (Å²) in [6.45, 7) is 1.72. The van der Waals surface area contributed by atoms with Crippen LogP contribution in [0.4, 0.5) is 21.9 Å². The minimum absolute atomic E-state index is 0.0788. The van der Waals surface area contributed by atoms with Crippen molar-refractivity contribution in [2.24, 2.45) is 0 Å². The number of hydrogen-bond donors (Lipinski definition) is 3. The average Bonchev–Trinajstić information content (AvgIpc) is 3.25. The van der Waals surface area contributed by atoms with Crippen molar-refractivity contribution in [3.63, 3.8) is 0 Å². The van der Waals surface area contributed by atoms with Crippen LogP contribution in [0.25, 0.3) is 21.5 Å². The van der Waals surface area contributed by atoms with E-state index in [2.05, 4.69) is 25.9 Å². The fourth-order valence-corrected chi connectivity index (χ4v) is 5.57. The molecule has 0 spiro atoms. The number of pyridine rings is 2. The van der Waals surface area contributed by atoms with Gasteiger partial charge < -0.3 is 16.0 Å². The van der Waals surface area contributed by atoms with Gasteiger partial charge in [-0.15, -0.1) is 11.3 Å². The normalized spacial score (nSPS) is 17.5. The van der Waals surface area contributed by atoms with Crippen molar-refractivity contribution in [2.45, 2.75) is 18.9 Å². The fourth-order valence-electron chi connectivity index (χ4n) is 4.55. The lowest BCUT2D eigenvalue weighted by atomic mass is 10.1. The number of thiophene rings is 1. The van der Waals surface area contributed by atoms with Crippen molar-refractivity contribution in [3.8, 4) is 11.3 Å². The Bertz CT molecular complexity index is 1400. The molecule has 5 heterocycles. The maximum Gasteiger partial charge on any atom is 0.331 e. The van der Waals surface area contributed by atoms with E-state index in [1.807, 2.05) is 42.5 Å². The van der Waals surface area contributed by atoms with Crippen molar-refractivity contribution < 1.29 is 9.59 Å². The molecular formula is C25H22N6O2S. The van der Waals surface area contributed by atoms with Crippen LogP contribution < -0.4 is 20.9 Å². The summed E-state index contributed by atoms with van der Waals surface area (Å²) in [6.07, 6.45) is 5.34. The molecule has 0 radical (unpaired) electrons. The Labute approximate surface area is 200 Å². The second-order valence-electron chi connectivity index (χ2n) is 8.36. The predicted octanol–water partition coefficient (Wildman–Crippen LogP) is 4.52. The number of aromatic nitrogens is 2. The number of urea groups is 1. The largest absolute Gasteiger partial charge is 0.347 e. The summed E-state index contributed by atoms with van der Waals surface area (Å²) < 4.78 is 0. The molecule has 170 valence electrons. The van der Waals surface area contributed by atoms with Gasteiger partial charge in [0.2, 0.25) is 0 Å². The molecule has 0 bridgehead atoms. The molecule has 2 aliphatic rings. The van der Waals surface area contributed by atoms with E-state index >= 15 is 0 Å². The monoisotopic (exact) mass is 470 g/mol. The van der Waals surface area contributed by atoms with E-state index in [9.17, 15) is 9.59 Å². The molecule has 1 saturated heterocycles. The quantitative estimate of drug-likeness (QED) is 0.407. The molecule has 1 unspecified atom stereocenters. The summed E-state index contributed by atoms with van der Waals surface area (Å²) in [4.78, 5) is 38.2. The number of carbonyl (C=O) groups is 2. The lowest BCUT2D eigenvalue weighted by Gasteiger charge is -2.28. The van der Waals surface area contributed by atoms with Crippen molar-refractivity contribution in [2.75, 3.05) is 23.3 Å². The van der Waals surface area contributed by atoms with Crippen LogP contribution >= 0.6 is 11.3 Å². The van der Waals surface area contributed by atoms with E-state index < -0.39 is 0 Å². The maximum absolute atomic E-state index is 13.3. The third-order valence-corrected chi connectivity index (χ3v) is 7.25. The van der Waals surface area contributed by atoms with E-state index in [1.54, 1.807) is 23.4 Å². The lowest BCUT2D eigenvalue weighted by molar-refractivity contribution is 0.0935. The molecule has 34 heavy (non-hydrogen) atoms. The van der Waals surface area contributed by atoms with Gasteiger partial charge >= 0.3 is 6.03 Å². The Morgan fingerprint density at radius 3 is 2.79 bits per heavy atom. The van der Waals surface area contributed by atoms with Gasteiger partial charge in [-0.3, -0.25) is 14.7 Å². The first kappa shape index (κ1) is 20.8. The van der Waals surface area contributed by atoms with Gasteiger partial charge in [0.15, 0.2) is 0 Å². The molecule has 0 saturated carbocycles. The molecule has 0 aliphatic carbocycles. The van der Waals surface area contributed by atoms with Gasteiger partial charge in [0.05, 0.1) is 28.1 Å². The highest BCUT2D eigenvalue weighted by Crippen LogP contribution is 2.45. The van der Waals surface area contributed by atoms with Crippen molar-refractivity contribution in [1.29, 1.82) is 0 Å². The number of nitrogens with one attached hydrogen (secondary N) is 3. The summed E-state index contributed by atoms with van der Waals surface area (Å²) >= 11 is 1.30. The number of piperidine rings is 1. The zero-order valence-electron chi connectivity index (χ0n) is 18.2. The topological polar surface area (TPSA) is 99.2 Å². The minimum Gasteiger partial charge on any atom is -0.347 e. The summed E-state index contributed by atoms with van der Waals surface area (Å²) in [5, 5.41) is 10.1. The van der Waals surface area contributed by atoms with Gasteiger partial charge in [0.25, 0.3) is 5.91 Å². The summed E-state index contributed by atoms with van der Waals surface area (Å²) in [6, 6.07) is 15.1. The minimum atomic E-state index is -0.322. The second-order valence-corrected chi connectivity index (χ2v) is 9.36. The van der Waals surface area contributed by atoms with Crippen LogP contribution in [-0.2, 0) is 0 Å². The first-order valence-electron chi connectivity index (χ1n) is 11.2. The van der Waals surface area contributed by atoms with E-state index in [0.717, 1.165) is 42.6 Å². The highest BCUT2D eigenvalue weighted by Gasteiger charge is 2.33. The number of benzene rings is 1. The Morgan fingerprint density at radius 2 is 1.97 bits per heavy atom. The molecule has 6 rings (SSSR count). The van der Waals surface area contributed by atoms with Gasteiger partial charge in [-0.1, -0.05) is 30.3 Å². The van der Waals surface area contributed by atoms with Crippen LogP contribution in [0, 0.1) is 0 Å². The van der Waals surface area contributed by atoms with E-state index in [1.165, 1.54) is 11.3 Å². The van der Waals surface area contributed by atoms with Gasteiger partial charge in [-0.2, -0.15) is 0 Å². The van der Waals surface area contributed by atoms with Crippen LogP contribution in [0.2, 0.25) is 0 Å². The van der Waals surface area contributed by atoms with Crippen molar-refractivity contribution in [1.82, 2.24) is 20.6 Å². The SMILES string of the molecule is O=C(NC1CCCNC1)c1sc2nccc3c2c1NC(=O)N3c1ccnc(-c2ccccc2)c1. The highest BCUT2D eigenvalue weighted by atomic mass is 32.1. The van der Waals surface area contributed by atoms with Crippen LogP contribution in [0.1, 0.15) is 22.5 Å². The van der Waals surface area contributed by atoms with Gasteiger partial charge in [0, 0.05) is 30.5 Å². The second kappa shape index (κ2) is 8.51. The Kier molecular flexibility index (Phi) is 5.20. The van der Waals surface area contributed by atoms with Crippen LogP contribution in [-0.4, -0.2) is 41.0 Å². The molecule has 3 amide bonds. The van der Waals surface area contributed by atoms with E-state index in [0.29, 0.717) is 26.8 Å². The predicted molar refractivity (Wildman–Crippen MR) is 134 cm³/mol. The summed E-state index contributed by atoms with van der Waals surface area (Å²) in [5.74, 6) is -0.179. The lowest BCUT2D eigenvalue weighted by Crippen LogP contribution is -2.45. The van der Waals surface area contributed by atoms with Gasteiger partial charge in [0.1, 0.15) is 9.71 Å². The van der Waals surface area contributed by atoms with Crippen molar-refractivity contribution in [3.05, 3.63) is 65.8 Å². The molecule has 3 aromatic heterocycles. The molecular weight excluding hydrogens is 448 g/mol. The van der Waals surface area contributed by atoms with Gasteiger partial charge in [-0.05, 0) is 37.6 Å². The van der Waals surface area contributed by atoms with Gasteiger partial charge in [-0.25, -0.2) is 9.78 Å². The Morgan fingerprint density at radius 1 is 1.12 bits per heavy atom. The number of rotatable bonds is 4. The van der Waals surface area contributed by atoms with Crippen LogP contribution in [0.5, 0.6) is 0 Å².